The van der Waals surface area contributed by atoms with Crippen LogP contribution < -0.4 is 5.32 Å². The molecule has 0 heterocycles. The summed E-state index contributed by atoms with van der Waals surface area (Å²) in [6.45, 7) is 0. The van der Waals surface area contributed by atoms with E-state index in [1.165, 1.54) is 12.1 Å². The molecule has 0 saturated heterocycles. The van der Waals surface area contributed by atoms with E-state index < -0.39 is 5.82 Å². The van der Waals surface area contributed by atoms with Gasteiger partial charge in [0.05, 0.1) is 12.5 Å². The minimum Gasteiger partial charge on any atom is -0.329 e. The standard InChI is InChI=1S/C9H7FN2O/c10-8-3-7(1-2-11)4-9(5-8)12-6-13/h3-6H,1H2,(H,12,13). The number of carbonyl (C=O) groups is 1. The van der Waals surface area contributed by atoms with Crippen molar-refractivity contribution in [2.75, 3.05) is 5.32 Å². The van der Waals surface area contributed by atoms with Crippen LogP contribution in [0, 0.1) is 17.1 Å². The molecule has 1 N–H and O–H groups in total. The summed E-state index contributed by atoms with van der Waals surface area (Å²) < 4.78 is 12.8. The number of nitrogens with one attached hydrogen (secondary N) is 1. The Morgan fingerprint density at radius 2 is 2.31 bits per heavy atom. The molecule has 0 spiro atoms. The van der Waals surface area contributed by atoms with E-state index in [4.69, 9.17) is 5.26 Å². The van der Waals surface area contributed by atoms with E-state index in [1.807, 2.05) is 6.07 Å². The number of rotatable bonds is 3. The van der Waals surface area contributed by atoms with Crippen molar-refractivity contribution in [3.8, 4) is 6.07 Å². The van der Waals surface area contributed by atoms with Gasteiger partial charge in [0.2, 0.25) is 6.41 Å². The molecule has 1 aromatic rings. The van der Waals surface area contributed by atoms with Crippen LogP contribution in [0.4, 0.5) is 10.1 Å². The Balaban J connectivity index is 2.97. The van der Waals surface area contributed by atoms with E-state index in [-0.39, 0.29) is 6.42 Å². The fraction of sp³-hybridized carbons (Fsp3) is 0.111. The van der Waals surface area contributed by atoms with Gasteiger partial charge in [0.1, 0.15) is 5.82 Å². The summed E-state index contributed by atoms with van der Waals surface area (Å²) in [6, 6.07) is 5.91. The zero-order valence-corrected chi connectivity index (χ0v) is 6.75. The number of nitrogens with zero attached hydrogens (tertiary/aromatic N) is 1. The van der Waals surface area contributed by atoms with Crippen LogP contribution in [-0.2, 0) is 11.2 Å². The van der Waals surface area contributed by atoms with E-state index in [0.717, 1.165) is 0 Å². The number of benzene rings is 1. The molecule has 0 unspecified atom stereocenters. The van der Waals surface area contributed by atoms with Crippen molar-refractivity contribution in [2.45, 2.75) is 6.42 Å². The van der Waals surface area contributed by atoms with Gasteiger partial charge in [-0.15, -0.1) is 0 Å². The SMILES string of the molecule is N#CCc1cc(F)cc(NC=O)c1. The monoisotopic (exact) mass is 178 g/mol. The first kappa shape index (κ1) is 9.20. The molecule has 13 heavy (non-hydrogen) atoms. The van der Waals surface area contributed by atoms with E-state index >= 15 is 0 Å². The van der Waals surface area contributed by atoms with Crippen LogP contribution in [0.3, 0.4) is 0 Å². The van der Waals surface area contributed by atoms with E-state index in [1.54, 1.807) is 6.07 Å². The first-order valence-electron chi connectivity index (χ1n) is 3.63. The predicted molar refractivity (Wildman–Crippen MR) is 45.4 cm³/mol. The minimum atomic E-state index is -0.461. The molecule has 0 aliphatic rings. The molecule has 1 amide bonds. The highest BCUT2D eigenvalue weighted by atomic mass is 19.1. The molecule has 1 rings (SSSR count). The number of hydrogen-bond donors (Lipinski definition) is 1. The fourth-order valence-corrected chi connectivity index (χ4v) is 0.995. The second-order valence-corrected chi connectivity index (χ2v) is 2.45. The van der Waals surface area contributed by atoms with Gasteiger partial charge >= 0.3 is 0 Å². The van der Waals surface area contributed by atoms with Gasteiger partial charge in [-0.05, 0) is 23.8 Å². The number of carbonyl (C=O) groups excluding carboxylic acids is 1. The molecule has 0 aliphatic carbocycles. The third kappa shape index (κ3) is 2.56. The number of amides is 1. The van der Waals surface area contributed by atoms with Crippen LogP contribution in [0.2, 0.25) is 0 Å². The second kappa shape index (κ2) is 4.21. The molecular weight excluding hydrogens is 171 g/mol. The first-order valence-corrected chi connectivity index (χ1v) is 3.63. The average Bonchev–Trinajstić information content (AvgIpc) is 2.04. The quantitative estimate of drug-likeness (QED) is 0.712. The maximum Gasteiger partial charge on any atom is 0.211 e. The predicted octanol–water partition coefficient (Wildman–Crippen LogP) is 1.46. The highest BCUT2D eigenvalue weighted by Crippen LogP contribution is 2.13. The zero-order valence-electron chi connectivity index (χ0n) is 6.75. The largest absolute Gasteiger partial charge is 0.329 e. The Kier molecular flexibility index (Phi) is 2.98. The highest BCUT2D eigenvalue weighted by molar-refractivity contribution is 5.71. The van der Waals surface area contributed by atoms with Crippen molar-refractivity contribution in [1.29, 1.82) is 5.26 Å². The first-order chi connectivity index (χ1) is 6.26. The molecule has 0 radical (unpaired) electrons. The lowest BCUT2D eigenvalue weighted by Gasteiger charge is -2.01. The van der Waals surface area contributed by atoms with Crippen molar-refractivity contribution in [1.82, 2.24) is 0 Å². The topological polar surface area (TPSA) is 52.9 Å². The Hall–Kier alpha value is -1.89. The molecule has 66 valence electrons. The maximum absolute atomic E-state index is 12.8. The normalized spacial score (nSPS) is 8.92. The Morgan fingerprint density at radius 1 is 1.54 bits per heavy atom. The summed E-state index contributed by atoms with van der Waals surface area (Å²) in [5.74, 6) is -0.461. The molecule has 3 nitrogen and oxygen atoms in total. The summed E-state index contributed by atoms with van der Waals surface area (Å²) >= 11 is 0. The van der Waals surface area contributed by atoms with Gasteiger partial charge in [0.15, 0.2) is 0 Å². The summed E-state index contributed by atoms with van der Waals surface area (Å²) in [7, 11) is 0. The van der Waals surface area contributed by atoms with Gasteiger partial charge in [0.25, 0.3) is 0 Å². The molecule has 4 heteroatoms. The number of hydrogen-bond acceptors (Lipinski definition) is 2. The number of anilines is 1. The van der Waals surface area contributed by atoms with Gasteiger partial charge < -0.3 is 5.32 Å². The minimum absolute atomic E-state index is 0.130. The van der Waals surface area contributed by atoms with Gasteiger partial charge in [-0.3, -0.25) is 4.79 Å². The molecular formula is C9H7FN2O. The lowest BCUT2D eigenvalue weighted by Crippen LogP contribution is -1.96. The number of nitriles is 1. The molecule has 0 atom stereocenters. The van der Waals surface area contributed by atoms with Crippen molar-refractivity contribution in [2.24, 2.45) is 0 Å². The third-order valence-corrected chi connectivity index (χ3v) is 1.47. The van der Waals surface area contributed by atoms with Gasteiger partial charge in [0, 0.05) is 5.69 Å². The van der Waals surface area contributed by atoms with Crippen molar-refractivity contribution < 1.29 is 9.18 Å². The van der Waals surface area contributed by atoms with Crippen LogP contribution in [-0.4, -0.2) is 6.41 Å². The Labute approximate surface area is 74.8 Å². The molecule has 0 fully saturated rings. The summed E-state index contributed by atoms with van der Waals surface area (Å²) in [4.78, 5) is 10.1. The molecule has 1 aromatic carbocycles. The van der Waals surface area contributed by atoms with Gasteiger partial charge in [-0.1, -0.05) is 0 Å². The molecule has 0 saturated carbocycles. The van der Waals surface area contributed by atoms with Crippen molar-refractivity contribution in [3.63, 3.8) is 0 Å². The van der Waals surface area contributed by atoms with Crippen LogP contribution in [0.5, 0.6) is 0 Å². The Bertz CT molecular complexity index is 357. The highest BCUT2D eigenvalue weighted by Gasteiger charge is 1.99. The summed E-state index contributed by atoms with van der Waals surface area (Å²) in [5, 5.41) is 10.7. The van der Waals surface area contributed by atoms with E-state index in [9.17, 15) is 9.18 Å². The molecule has 0 bridgehead atoms. The zero-order chi connectivity index (χ0) is 9.68. The molecule has 0 aromatic heterocycles. The van der Waals surface area contributed by atoms with Gasteiger partial charge in [-0.2, -0.15) is 5.26 Å². The van der Waals surface area contributed by atoms with Crippen LogP contribution in [0.1, 0.15) is 5.56 Å². The Morgan fingerprint density at radius 3 is 2.92 bits per heavy atom. The maximum atomic E-state index is 12.8. The van der Waals surface area contributed by atoms with Crippen molar-refractivity contribution >= 4 is 12.1 Å². The number of halogens is 1. The smallest absolute Gasteiger partial charge is 0.211 e. The summed E-state index contributed by atoms with van der Waals surface area (Å²) in [5.41, 5.74) is 0.909. The van der Waals surface area contributed by atoms with Crippen molar-refractivity contribution in [3.05, 3.63) is 29.6 Å². The third-order valence-electron chi connectivity index (χ3n) is 1.47. The van der Waals surface area contributed by atoms with Gasteiger partial charge in [-0.25, -0.2) is 4.39 Å². The van der Waals surface area contributed by atoms with E-state index in [2.05, 4.69) is 5.32 Å². The van der Waals surface area contributed by atoms with Crippen LogP contribution >= 0.6 is 0 Å². The van der Waals surface area contributed by atoms with E-state index in [0.29, 0.717) is 17.7 Å². The average molecular weight is 178 g/mol. The van der Waals surface area contributed by atoms with Crippen LogP contribution in [0.25, 0.3) is 0 Å². The summed E-state index contributed by atoms with van der Waals surface area (Å²) in [6.07, 6.45) is 0.593. The lowest BCUT2D eigenvalue weighted by atomic mass is 10.1. The second-order valence-electron chi connectivity index (χ2n) is 2.45. The fourth-order valence-electron chi connectivity index (χ4n) is 0.995. The molecule has 0 aliphatic heterocycles. The van der Waals surface area contributed by atoms with Crippen LogP contribution in [0.15, 0.2) is 18.2 Å². The lowest BCUT2D eigenvalue weighted by molar-refractivity contribution is -0.105.